The minimum absolute atomic E-state index is 0.899. The highest BCUT2D eigenvalue weighted by molar-refractivity contribution is 5.72. The molecule has 2 aromatic heterocycles. The summed E-state index contributed by atoms with van der Waals surface area (Å²) >= 11 is 0. The average molecular weight is 413 g/mol. The van der Waals surface area contributed by atoms with Gasteiger partial charge in [0.25, 0.3) is 17.1 Å². The van der Waals surface area contributed by atoms with Crippen LogP contribution in [0.4, 0.5) is 0 Å². The van der Waals surface area contributed by atoms with Crippen LogP contribution in [0, 0.1) is 6.92 Å². The molecule has 6 rings (SSSR count). The Morgan fingerprint density at radius 2 is 1.19 bits per heavy atom. The van der Waals surface area contributed by atoms with Crippen LogP contribution >= 0.6 is 0 Å². The third-order valence-corrected chi connectivity index (χ3v) is 6.35. The van der Waals surface area contributed by atoms with Crippen molar-refractivity contribution in [3.05, 3.63) is 132 Å². The van der Waals surface area contributed by atoms with E-state index in [1.807, 2.05) is 0 Å². The minimum atomic E-state index is 0.899. The van der Waals surface area contributed by atoms with Crippen LogP contribution in [0.1, 0.15) is 16.8 Å². The topological polar surface area (TPSA) is 7.76 Å². The molecule has 0 amide bonds. The van der Waals surface area contributed by atoms with Crippen molar-refractivity contribution < 1.29 is 9.35 Å². The molecule has 0 fully saturated rings. The Labute approximate surface area is 188 Å². The molecule has 152 valence electrons. The van der Waals surface area contributed by atoms with E-state index in [4.69, 9.17) is 0 Å². The molecule has 32 heavy (non-hydrogen) atoms. The SMILES string of the molecule is Cc1cc(-c2ccccc2)cc2[n+]1-[n+]1ccccc1-c1ccccc1Cc1ccccc1-2. The molecule has 5 aromatic rings. The number of benzene rings is 3. The first-order valence-electron chi connectivity index (χ1n) is 11.1. The lowest BCUT2D eigenvalue weighted by atomic mass is 9.93. The summed E-state index contributed by atoms with van der Waals surface area (Å²) in [4.78, 5) is 0. The summed E-state index contributed by atoms with van der Waals surface area (Å²) in [6, 6.07) is 39.3. The molecular weight excluding hydrogens is 388 g/mol. The highest BCUT2D eigenvalue weighted by atomic mass is 15.5. The van der Waals surface area contributed by atoms with Gasteiger partial charge in [-0.3, -0.25) is 0 Å². The van der Waals surface area contributed by atoms with Crippen LogP contribution in [0.15, 0.2) is 115 Å². The van der Waals surface area contributed by atoms with Gasteiger partial charge in [0.2, 0.25) is 6.20 Å². The number of aryl methyl sites for hydroxylation is 1. The second-order valence-electron chi connectivity index (χ2n) is 8.37. The lowest BCUT2D eigenvalue weighted by Gasteiger charge is -2.09. The third kappa shape index (κ3) is 3.04. The number of pyridine rings is 2. The van der Waals surface area contributed by atoms with Crippen LogP contribution in [-0.4, -0.2) is 0 Å². The summed E-state index contributed by atoms with van der Waals surface area (Å²) in [5, 5.41) is 0. The number of aromatic nitrogens is 2. The zero-order valence-electron chi connectivity index (χ0n) is 18.1. The van der Waals surface area contributed by atoms with Gasteiger partial charge in [0.15, 0.2) is 0 Å². The number of nitrogens with zero attached hydrogens (tertiary/aromatic N) is 2. The molecule has 0 aliphatic carbocycles. The van der Waals surface area contributed by atoms with Crippen molar-refractivity contribution in [2.75, 3.05) is 0 Å². The summed E-state index contributed by atoms with van der Waals surface area (Å²) in [5.74, 6) is 0. The monoisotopic (exact) mass is 412 g/mol. The van der Waals surface area contributed by atoms with E-state index < -0.39 is 0 Å². The lowest BCUT2D eigenvalue weighted by Crippen LogP contribution is -2.69. The fraction of sp³-hybridized carbons (Fsp3) is 0.0667. The molecule has 3 aromatic carbocycles. The Morgan fingerprint density at radius 3 is 1.94 bits per heavy atom. The van der Waals surface area contributed by atoms with Crippen molar-refractivity contribution in [1.29, 1.82) is 0 Å². The third-order valence-electron chi connectivity index (χ3n) is 6.35. The number of rotatable bonds is 1. The van der Waals surface area contributed by atoms with Gasteiger partial charge in [-0.2, -0.15) is 0 Å². The fourth-order valence-corrected chi connectivity index (χ4v) is 4.88. The van der Waals surface area contributed by atoms with E-state index >= 15 is 0 Å². The van der Waals surface area contributed by atoms with Gasteiger partial charge in [0.1, 0.15) is 0 Å². The van der Waals surface area contributed by atoms with Crippen LogP contribution in [-0.2, 0) is 6.42 Å². The number of hydrogen-bond donors (Lipinski definition) is 0. The van der Waals surface area contributed by atoms with E-state index in [0.29, 0.717) is 0 Å². The molecule has 0 saturated carbocycles. The quantitative estimate of drug-likeness (QED) is 0.302. The highest BCUT2D eigenvalue weighted by Crippen LogP contribution is 2.31. The molecule has 0 N–H and O–H groups in total. The molecule has 0 unspecified atom stereocenters. The Kier molecular flexibility index (Phi) is 4.43. The fourth-order valence-electron chi connectivity index (χ4n) is 4.88. The van der Waals surface area contributed by atoms with Gasteiger partial charge < -0.3 is 0 Å². The van der Waals surface area contributed by atoms with Crippen LogP contribution in [0.25, 0.3) is 33.6 Å². The predicted octanol–water partition coefficient (Wildman–Crippen LogP) is 5.79. The largest absolute Gasteiger partial charge is 0.285 e. The van der Waals surface area contributed by atoms with Crippen molar-refractivity contribution in [3.63, 3.8) is 0 Å². The first-order chi connectivity index (χ1) is 15.8. The van der Waals surface area contributed by atoms with E-state index in [-0.39, 0.29) is 0 Å². The summed E-state index contributed by atoms with van der Waals surface area (Å²) in [7, 11) is 0. The smallest absolute Gasteiger partial charge is 0.0622 e. The molecule has 0 saturated heterocycles. The Bertz CT molecular complexity index is 1450. The van der Waals surface area contributed by atoms with Gasteiger partial charge in [-0.15, -0.1) is 0 Å². The summed E-state index contributed by atoms with van der Waals surface area (Å²) in [6.07, 6.45) is 3.06. The van der Waals surface area contributed by atoms with Crippen LogP contribution in [0.3, 0.4) is 0 Å². The van der Waals surface area contributed by atoms with Crippen LogP contribution in [0.2, 0.25) is 0 Å². The first-order valence-corrected chi connectivity index (χ1v) is 11.1. The van der Waals surface area contributed by atoms with Crippen LogP contribution < -0.4 is 9.35 Å². The summed E-state index contributed by atoms with van der Waals surface area (Å²) in [6.45, 7) is 2.20. The Morgan fingerprint density at radius 1 is 0.562 bits per heavy atom. The number of fused-ring (bicyclic) bond motifs is 7. The molecule has 2 heteroatoms. The highest BCUT2D eigenvalue weighted by Gasteiger charge is 2.33. The average Bonchev–Trinajstić information content (AvgIpc) is 2.89. The maximum atomic E-state index is 2.35. The van der Waals surface area contributed by atoms with Gasteiger partial charge in [-0.1, -0.05) is 66.7 Å². The van der Waals surface area contributed by atoms with E-state index in [1.165, 1.54) is 50.5 Å². The van der Waals surface area contributed by atoms with Gasteiger partial charge in [0, 0.05) is 31.2 Å². The molecule has 0 atom stereocenters. The Balaban J connectivity index is 1.74. The van der Waals surface area contributed by atoms with E-state index in [2.05, 4.69) is 132 Å². The predicted molar refractivity (Wildman–Crippen MR) is 128 cm³/mol. The van der Waals surface area contributed by atoms with E-state index in [0.717, 1.165) is 6.42 Å². The maximum absolute atomic E-state index is 2.35. The molecule has 0 spiro atoms. The standard InChI is InChI=1S/C30H24N2/c1-22-19-26(23-11-3-2-4-12-23)21-30-28-16-8-6-14-25(28)20-24-13-5-7-15-27(24)29-17-9-10-18-31(29)32(22)30/h2-19,21H,20H2,1H3/q+2. The molecule has 3 heterocycles. The van der Waals surface area contributed by atoms with Gasteiger partial charge >= 0.3 is 0 Å². The van der Waals surface area contributed by atoms with Crippen molar-refractivity contribution in [1.82, 2.24) is 0 Å². The molecule has 1 aliphatic heterocycles. The minimum Gasteiger partial charge on any atom is -0.0622 e. The van der Waals surface area contributed by atoms with Crippen molar-refractivity contribution in [3.8, 4) is 33.6 Å². The van der Waals surface area contributed by atoms with Crippen LogP contribution in [0.5, 0.6) is 0 Å². The van der Waals surface area contributed by atoms with Crippen molar-refractivity contribution >= 4 is 0 Å². The summed E-state index contributed by atoms with van der Waals surface area (Å²) in [5.41, 5.74) is 11.3. The van der Waals surface area contributed by atoms with E-state index in [1.54, 1.807) is 0 Å². The number of hydrogen-bond acceptors (Lipinski definition) is 0. The second-order valence-corrected chi connectivity index (χ2v) is 8.37. The lowest BCUT2D eigenvalue weighted by molar-refractivity contribution is -1.29. The molecular formula is C30H24N2+2. The van der Waals surface area contributed by atoms with Crippen molar-refractivity contribution in [2.24, 2.45) is 0 Å². The van der Waals surface area contributed by atoms with Gasteiger partial charge in [-0.25, -0.2) is 0 Å². The van der Waals surface area contributed by atoms with Gasteiger partial charge in [0.05, 0.1) is 20.5 Å². The first kappa shape index (κ1) is 18.7. The molecule has 2 nitrogen and oxygen atoms in total. The summed E-state index contributed by atoms with van der Waals surface area (Å²) < 4.78 is 4.64. The van der Waals surface area contributed by atoms with E-state index in [9.17, 15) is 0 Å². The normalized spacial score (nSPS) is 11.8. The zero-order chi connectivity index (χ0) is 21.5. The maximum Gasteiger partial charge on any atom is 0.285 e. The van der Waals surface area contributed by atoms with Crippen molar-refractivity contribution in [2.45, 2.75) is 13.3 Å². The molecule has 0 bridgehead atoms. The molecule has 0 radical (unpaired) electrons. The Hall–Kier alpha value is -4.04. The molecule has 1 aliphatic rings. The zero-order valence-corrected chi connectivity index (χ0v) is 18.1. The van der Waals surface area contributed by atoms with Gasteiger partial charge in [-0.05, 0) is 46.9 Å². The second kappa shape index (κ2) is 7.58.